The molecule has 0 unspecified atom stereocenters. The van der Waals surface area contributed by atoms with Crippen LogP contribution < -0.4 is 20.3 Å². The summed E-state index contributed by atoms with van der Waals surface area (Å²) in [4.78, 5) is 29.5. The predicted molar refractivity (Wildman–Crippen MR) is 123 cm³/mol. The summed E-state index contributed by atoms with van der Waals surface area (Å²) in [5, 5.41) is 2.87. The zero-order chi connectivity index (χ0) is 22.5. The molecule has 2 aromatic carbocycles. The number of para-hydroxylation sites is 2. The number of aromatic nitrogens is 2. The van der Waals surface area contributed by atoms with Gasteiger partial charge in [0, 0.05) is 17.8 Å². The van der Waals surface area contributed by atoms with E-state index < -0.39 is 0 Å². The van der Waals surface area contributed by atoms with Gasteiger partial charge < -0.3 is 14.8 Å². The Morgan fingerprint density at radius 3 is 2.59 bits per heavy atom. The molecule has 0 saturated carbocycles. The maximum absolute atomic E-state index is 12.7. The van der Waals surface area contributed by atoms with Crippen LogP contribution in [0.15, 0.2) is 77.7 Å². The van der Waals surface area contributed by atoms with Crippen molar-refractivity contribution < 1.29 is 14.3 Å². The minimum atomic E-state index is -0.262. The van der Waals surface area contributed by atoms with E-state index in [1.807, 2.05) is 38.1 Å². The fraction of sp³-hybridized carbons (Fsp3) is 0.160. The topological polar surface area (TPSA) is 81.9 Å². The zero-order valence-electron chi connectivity index (χ0n) is 17.9. The van der Waals surface area contributed by atoms with Crippen molar-refractivity contribution in [2.75, 3.05) is 11.9 Å². The van der Waals surface area contributed by atoms with E-state index in [9.17, 15) is 9.59 Å². The SMILES string of the molecule is CCOc1ccc(C(=O)Nc2ccccc2OCc2cc(=O)n3ccc(C)cc3n2)cc1. The second kappa shape index (κ2) is 9.34. The third-order valence-electron chi connectivity index (χ3n) is 4.81. The smallest absolute Gasteiger partial charge is 0.258 e. The fourth-order valence-electron chi connectivity index (χ4n) is 3.24. The normalized spacial score (nSPS) is 10.7. The summed E-state index contributed by atoms with van der Waals surface area (Å²) >= 11 is 0. The van der Waals surface area contributed by atoms with Crippen molar-refractivity contribution in [2.45, 2.75) is 20.5 Å². The van der Waals surface area contributed by atoms with Gasteiger partial charge in [-0.15, -0.1) is 0 Å². The lowest BCUT2D eigenvalue weighted by atomic mass is 10.2. The molecule has 0 aliphatic heterocycles. The highest BCUT2D eigenvalue weighted by Gasteiger charge is 2.11. The first kappa shape index (κ1) is 21.1. The number of carbonyl (C=O) groups excluding carboxylic acids is 1. The molecule has 0 aliphatic carbocycles. The van der Waals surface area contributed by atoms with Crippen LogP contribution in [0.3, 0.4) is 0 Å². The van der Waals surface area contributed by atoms with Crippen molar-refractivity contribution in [2.24, 2.45) is 0 Å². The van der Waals surface area contributed by atoms with Gasteiger partial charge in [-0.05, 0) is 67.9 Å². The predicted octanol–water partition coefficient (Wildman–Crippen LogP) is 4.23. The Morgan fingerprint density at radius 1 is 1.03 bits per heavy atom. The van der Waals surface area contributed by atoms with E-state index in [1.54, 1.807) is 42.6 Å². The van der Waals surface area contributed by atoms with Crippen LogP contribution in [-0.2, 0) is 6.61 Å². The Bertz CT molecular complexity index is 1310. The Kier molecular flexibility index (Phi) is 6.17. The van der Waals surface area contributed by atoms with E-state index in [-0.39, 0.29) is 18.1 Å². The number of amides is 1. The van der Waals surface area contributed by atoms with Crippen molar-refractivity contribution in [3.8, 4) is 11.5 Å². The molecule has 162 valence electrons. The van der Waals surface area contributed by atoms with E-state index in [2.05, 4.69) is 10.3 Å². The molecule has 2 heterocycles. The van der Waals surface area contributed by atoms with Gasteiger partial charge in [-0.25, -0.2) is 4.98 Å². The maximum atomic E-state index is 12.7. The Hall–Kier alpha value is -4.13. The van der Waals surface area contributed by atoms with E-state index in [4.69, 9.17) is 9.47 Å². The van der Waals surface area contributed by atoms with Gasteiger partial charge in [-0.2, -0.15) is 0 Å². The lowest BCUT2D eigenvalue weighted by Gasteiger charge is -2.13. The summed E-state index contributed by atoms with van der Waals surface area (Å²) in [6, 6.07) is 19.2. The van der Waals surface area contributed by atoms with E-state index >= 15 is 0 Å². The van der Waals surface area contributed by atoms with E-state index in [1.165, 1.54) is 10.5 Å². The molecule has 0 atom stereocenters. The second-order valence-electron chi connectivity index (χ2n) is 7.21. The van der Waals surface area contributed by atoms with Crippen molar-refractivity contribution in [1.82, 2.24) is 9.38 Å². The van der Waals surface area contributed by atoms with Crippen LogP contribution >= 0.6 is 0 Å². The van der Waals surface area contributed by atoms with Gasteiger partial charge in [-0.1, -0.05) is 12.1 Å². The van der Waals surface area contributed by atoms with Gasteiger partial charge in [0.05, 0.1) is 18.0 Å². The summed E-state index contributed by atoms with van der Waals surface area (Å²) in [5.74, 6) is 0.932. The first-order chi connectivity index (χ1) is 15.5. The van der Waals surface area contributed by atoms with Gasteiger partial charge in [-0.3, -0.25) is 14.0 Å². The number of benzene rings is 2. The summed E-state index contributed by atoms with van der Waals surface area (Å²) < 4.78 is 12.8. The van der Waals surface area contributed by atoms with Crippen LogP contribution in [0.1, 0.15) is 28.5 Å². The van der Waals surface area contributed by atoms with Gasteiger partial charge in [0.25, 0.3) is 11.5 Å². The van der Waals surface area contributed by atoms with E-state index in [0.717, 1.165) is 5.56 Å². The molecule has 4 aromatic rings. The average molecular weight is 429 g/mol. The first-order valence-electron chi connectivity index (χ1n) is 10.3. The number of aryl methyl sites for hydroxylation is 1. The van der Waals surface area contributed by atoms with Crippen LogP contribution in [0.4, 0.5) is 5.69 Å². The molecule has 1 amide bonds. The number of ether oxygens (including phenoxy) is 2. The Labute approximate surface area is 185 Å². The van der Waals surface area contributed by atoms with Gasteiger partial charge in [0.15, 0.2) is 0 Å². The molecule has 32 heavy (non-hydrogen) atoms. The van der Waals surface area contributed by atoms with Crippen LogP contribution in [-0.4, -0.2) is 21.9 Å². The van der Waals surface area contributed by atoms with Crippen LogP contribution in [0.5, 0.6) is 11.5 Å². The summed E-state index contributed by atoms with van der Waals surface area (Å²) in [7, 11) is 0. The van der Waals surface area contributed by atoms with Gasteiger partial charge in [0.1, 0.15) is 23.8 Å². The minimum absolute atomic E-state index is 0.0929. The molecule has 0 radical (unpaired) electrons. The number of hydrogen-bond donors (Lipinski definition) is 1. The molecule has 0 fully saturated rings. The van der Waals surface area contributed by atoms with Gasteiger partial charge in [0.2, 0.25) is 0 Å². The number of pyridine rings is 1. The van der Waals surface area contributed by atoms with E-state index in [0.29, 0.717) is 40.7 Å². The molecule has 0 aliphatic rings. The maximum Gasteiger partial charge on any atom is 0.258 e. The lowest BCUT2D eigenvalue weighted by molar-refractivity contribution is 0.102. The second-order valence-corrected chi connectivity index (χ2v) is 7.21. The molecular formula is C25H23N3O4. The zero-order valence-corrected chi connectivity index (χ0v) is 17.9. The number of anilines is 1. The lowest BCUT2D eigenvalue weighted by Crippen LogP contribution is -2.17. The van der Waals surface area contributed by atoms with Crippen molar-refractivity contribution in [3.05, 3.63) is 100 Å². The third kappa shape index (κ3) is 4.78. The summed E-state index contributed by atoms with van der Waals surface area (Å²) in [5.41, 5.74) is 2.94. The number of hydrogen-bond acceptors (Lipinski definition) is 5. The molecule has 4 rings (SSSR count). The Morgan fingerprint density at radius 2 is 1.81 bits per heavy atom. The van der Waals surface area contributed by atoms with Crippen LogP contribution in [0.25, 0.3) is 5.65 Å². The average Bonchev–Trinajstić information content (AvgIpc) is 2.79. The van der Waals surface area contributed by atoms with Crippen molar-refractivity contribution in [3.63, 3.8) is 0 Å². The highest BCUT2D eigenvalue weighted by atomic mass is 16.5. The molecular weight excluding hydrogens is 406 g/mol. The quantitative estimate of drug-likeness (QED) is 0.475. The number of rotatable bonds is 7. The van der Waals surface area contributed by atoms with Crippen molar-refractivity contribution in [1.29, 1.82) is 0 Å². The minimum Gasteiger partial charge on any atom is -0.494 e. The Balaban J connectivity index is 1.49. The number of nitrogens with one attached hydrogen (secondary N) is 1. The van der Waals surface area contributed by atoms with Crippen LogP contribution in [0.2, 0.25) is 0 Å². The number of carbonyl (C=O) groups is 1. The molecule has 1 N–H and O–H groups in total. The number of nitrogens with zero attached hydrogens (tertiary/aromatic N) is 2. The molecule has 0 bridgehead atoms. The highest BCUT2D eigenvalue weighted by Crippen LogP contribution is 2.25. The van der Waals surface area contributed by atoms with Crippen molar-refractivity contribution >= 4 is 17.2 Å². The molecule has 0 spiro atoms. The fourth-order valence-corrected chi connectivity index (χ4v) is 3.24. The summed E-state index contributed by atoms with van der Waals surface area (Å²) in [6.45, 7) is 4.51. The van der Waals surface area contributed by atoms with Crippen LogP contribution in [0, 0.1) is 6.92 Å². The highest BCUT2D eigenvalue weighted by molar-refractivity contribution is 6.05. The summed E-state index contributed by atoms with van der Waals surface area (Å²) in [6.07, 6.45) is 1.70. The first-order valence-corrected chi connectivity index (χ1v) is 10.3. The molecule has 2 aromatic heterocycles. The third-order valence-corrected chi connectivity index (χ3v) is 4.81. The number of fused-ring (bicyclic) bond motifs is 1. The molecule has 7 nitrogen and oxygen atoms in total. The monoisotopic (exact) mass is 429 g/mol. The largest absolute Gasteiger partial charge is 0.494 e. The standard InChI is InChI=1S/C25H23N3O4/c1-3-31-20-10-8-18(9-11-20)25(30)27-21-6-4-5-7-22(21)32-16-19-15-24(29)28-13-12-17(2)14-23(28)26-19/h4-15H,3,16H2,1-2H3,(H,27,30). The molecule has 0 saturated heterocycles. The van der Waals surface area contributed by atoms with Gasteiger partial charge >= 0.3 is 0 Å². The molecule has 7 heteroatoms.